The molecular formula is C85H141NO18. The third kappa shape index (κ3) is 43.0. The van der Waals surface area contributed by atoms with Crippen LogP contribution < -0.4 is 5.32 Å². The highest BCUT2D eigenvalue weighted by Crippen LogP contribution is 2.33. The molecule has 17 unspecified atom stereocenters. The monoisotopic (exact) mass is 1460 g/mol. The number of rotatable bonds is 61. The fraction of sp³-hybridized carbons (Fsp3) is 0.706. The Morgan fingerprint density at radius 2 is 0.673 bits per heavy atom. The fourth-order valence-electron chi connectivity index (χ4n) is 12.5. The molecule has 3 heterocycles. The van der Waals surface area contributed by atoms with E-state index >= 15 is 0 Å². The Kier molecular flexibility index (Phi) is 57.4. The van der Waals surface area contributed by atoms with Crippen LogP contribution in [0.5, 0.6) is 0 Å². The molecule has 0 spiro atoms. The number of aliphatic hydroxyl groups is 11. The Bertz CT molecular complexity index is 2450. The third-order valence-corrected chi connectivity index (χ3v) is 18.8. The van der Waals surface area contributed by atoms with Crippen LogP contribution in [0, 0.1) is 0 Å². The highest BCUT2D eigenvalue weighted by Gasteiger charge is 2.54. The summed E-state index contributed by atoms with van der Waals surface area (Å²) in [6.45, 7) is 1.59. The highest BCUT2D eigenvalue weighted by molar-refractivity contribution is 5.76. The van der Waals surface area contributed by atoms with Crippen LogP contribution in [-0.4, -0.2) is 193 Å². The van der Waals surface area contributed by atoms with Crippen LogP contribution in [0.4, 0.5) is 0 Å². The normalized spacial score (nSPS) is 26.7. The molecule has 19 heteroatoms. The Balaban J connectivity index is 1.36. The molecule has 0 aromatic carbocycles. The van der Waals surface area contributed by atoms with E-state index in [1.165, 1.54) is 103 Å². The molecule has 19 nitrogen and oxygen atoms in total. The summed E-state index contributed by atoms with van der Waals surface area (Å²) in [5, 5.41) is 121. The molecule has 3 fully saturated rings. The average molecular weight is 1470 g/mol. The Hall–Kier alpha value is -4.33. The van der Waals surface area contributed by atoms with E-state index in [1.54, 1.807) is 6.08 Å². The number of aliphatic hydroxyl groups excluding tert-OH is 11. The molecule has 594 valence electrons. The molecule has 0 aromatic rings. The first-order chi connectivity index (χ1) is 50.8. The zero-order valence-electron chi connectivity index (χ0n) is 63.4. The molecule has 1 amide bonds. The van der Waals surface area contributed by atoms with E-state index in [2.05, 4.69) is 153 Å². The molecule has 0 aromatic heterocycles. The van der Waals surface area contributed by atoms with Gasteiger partial charge in [0.1, 0.15) is 73.2 Å². The van der Waals surface area contributed by atoms with E-state index < -0.39 is 124 Å². The van der Waals surface area contributed by atoms with Crippen LogP contribution in [0.1, 0.15) is 251 Å². The lowest BCUT2D eigenvalue weighted by atomic mass is 9.96. The van der Waals surface area contributed by atoms with Crippen LogP contribution in [0.25, 0.3) is 0 Å². The summed E-state index contributed by atoms with van der Waals surface area (Å²) in [6.07, 6.45) is 65.4. The molecule has 0 radical (unpaired) electrons. The maximum Gasteiger partial charge on any atom is 0.220 e. The Morgan fingerprint density at radius 3 is 1.08 bits per heavy atom. The first-order valence-electron chi connectivity index (χ1n) is 40.1. The summed E-state index contributed by atoms with van der Waals surface area (Å²) in [7, 11) is 0. The number of hydrogen-bond donors (Lipinski definition) is 12. The molecule has 104 heavy (non-hydrogen) atoms. The smallest absolute Gasteiger partial charge is 0.220 e. The molecule has 12 N–H and O–H groups in total. The molecule has 0 bridgehead atoms. The van der Waals surface area contributed by atoms with Gasteiger partial charge in [-0.25, -0.2) is 0 Å². The van der Waals surface area contributed by atoms with Crippen LogP contribution in [-0.2, 0) is 33.2 Å². The summed E-state index contributed by atoms with van der Waals surface area (Å²) < 4.78 is 34.4. The lowest BCUT2D eigenvalue weighted by Crippen LogP contribution is -2.66. The van der Waals surface area contributed by atoms with Crippen molar-refractivity contribution >= 4 is 5.91 Å². The van der Waals surface area contributed by atoms with Gasteiger partial charge in [0, 0.05) is 6.42 Å². The number of carbonyl (C=O) groups is 1. The number of ether oxygens (including phenoxy) is 6. The van der Waals surface area contributed by atoms with E-state index in [0.717, 1.165) is 116 Å². The maximum absolute atomic E-state index is 13.5. The van der Waals surface area contributed by atoms with Gasteiger partial charge in [-0.1, -0.05) is 275 Å². The van der Waals surface area contributed by atoms with Gasteiger partial charge in [-0.05, 0) is 116 Å². The molecule has 3 aliphatic rings. The molecule has 0 saturated carbocycles. The summed E-state index contributed by atoms with van der Waals surface area (Å²) in [4.78, 5) is 13.5. The van der Waals surface area contributed by atoms with Crippen molar-refractivity contribution in [1.29, 1.82) is 0 Å². The van der Waals surface area contributed by atoms with Crippen LogP contribution in [0.15, 0.2) is 146 Å². The molecule has 3 aliphatic heterocycles. The second-order valence-electron chi connectivity index (χ2n) is 27.8. The number of carbonyl (C=O) groups excluding carboxylic acids is 1. The number of unbranched alkanes of at least 4 members (excludes halogenated alkanes) is 23. The minimum atomic E-state index is -1.99. The molecule has 3 rings (SSSR count). The summed E-state index contributed by atoms with van der Waals surface area (Å²) >= 11 is 0. The zero-order chi connectivity index (χ0) is 75.3. The SMILES string of the molecule is CC/C=C\C/C=C\C/C=C\C/C=C\C/C=C\C/C=C\C/C=C\C/C=C\C/C=C\CCCCCCCCCCCCCC(=O)NC(COC1OC(CO)C(OC2OC(CO)C(OC3OC(CO)C(O)C(O)C3O)C(O)C2O)C(O)C1O)C(O)/C=C/CC/C=C/CC/C=C/CCCCCCCCCCCC. The topological polar surface area (TPSA) is 307 Å². The minimum Gasteiger partial charge on any atom is -0.394 e. The standard InChI is InChI=1S/C85H141NO18/c1-3-5-7-9-11-13-15-17-19-21-23-25-26-27-28-29-30-31-32-33-34-35-36-37-38-39-40-41-42-43-45-47-49-51-53-55-57-59-61-63-73(91)86-68(69(90)62-60-58-56-54-52-50-48-46-44-24-22-20-18-16-14-12-10-8-6-4-2)67-99-83-79(97)76(94)81(71(65-88)101-83)104-85-80(98)77(95)82(72(66-89)102-85)103-84-78(96)75(93)74(92)70(64-87)100-84/h5,7,11,13,17,19,23,25,27-28,30-31,33-34,36-37,39-40,44,46,52,54,60,62,68-72,74-85,87-90,92-98H,3-4,6,8-10,12,14-16,18,20-22,24,26,29,32,35,38,41-43,45,47-51,53,55-59,61,63-67H2,1-2H3,(H,86,91)/b7-5-,13-11-,19-17-,25-23-,28-27-,31-30-,34-33-,37-36-,40-39-,46-44+,54-52+,62-60+. The minimum absolute atomic E-state index is 0.219. The maximum atomic E-state index is 13.5. The van der Waals surface area contributed by atoms with Crippen molar-refractivity contribution in [2.24, 2.45) is 0 Å². The molecule has 17 atom stereocenters. The van der Waals surface area contributed by atoms with Crippen LogP contribution in [0.3, 0.4) is 0 Å². The van der Waals surface area contributed by atoms with Gasteiger partial charge in [0.25, 0.3) is 0 Å². The number of hydrogen-bond acceptors (Lipinski definition) is 18. The predicted octanol–water partition coefficient (Wildman–Crippen LogP) is 13.4. The Morgan fingerprint density at radius 1 is 0.356 bits per heavy atom. The summed E-state index contributed by atoms with van der Waals surface area (Å²) in [5.74, 6) is -0.298. The van der Waals surface area contributed by atoms with Gasteiger partial charge in [0.15, 0.2) is 18.9 Å². The second kappa shape index (κ2) is 63.6. The number of allylic oxidation sites excluding steroid dienone is 23. The first kappa shape index (κ1) is 93.9. The van der Waals surface area contributed by atoms with Crippen molar-refractivity contribution < 1.29 is 89.4 Å². The summed E-state index contributed by atoms with van der Waals surface area (Å²) in [5.41, 5.74) is 0. The molecule has 0 aliphatic carbocycles. The van der Waals surface area contributed by atoms with Crippen molar-refractivity contribution in [3.8, 4) is 0 Å². The van der Waals surface area contributed by atoms with E-state index in [1.807, 2.05) is 6.08 Å². The van der Waals surface area contributed by atoms with Gasteiger partial charge in [-0.2, -0.15) is 0 Å². The third-order valence-electron chi connectivity index (χ3n) is 18.8. The van der Waals surface area contributed by atoms with Gasteiger partial charge in [-0.3, -0.25) is 4.79 Å². The van der Waals surface area contributed by atoms with Gasteiger partial charge >= 0.3 is 0 Å². The van der Waals surface area contributed by atoms with Crippen molar-refractivity contribution in [1.82, 2.24) is 5.32 Å². The molecule has 3 saturated heterocycles. The lowest BCUT2D eigenvalue weighted by Gasteiger charge is -2.48. The van der Waals surface area contributed by atoms with E-state index in [9.17, 15) is 61.0 Å². The van der Waals surface area contributed by atoms with E-state index in [0.29, 0.717) is 12.8 Å². The Labute approximate surface area is 625 Å². The van der Waals surface area contributed by atoms with Crippen LogP contribution >= 0.6 is 0 Å². The van der Waals surface area contributed by atoms with Crippen molar-refractivity contribution in [3.05, 3.63) is 146 Å². The quantitative estimate of drug-likeness (QED) is 0.0199. The van der Waals surface area contributed by atoms with Gasteiger partial charge in [0.2, 0.25) is 5.91 Å². The van der Waals surface area contributed by atoms with E-state index in [4.69, 9.17) is 28.4 Å². The highest BCUT2D eigenvalue weighted by atomic mass is 16.8. The van der Waals surface area contributed by atoms with E-state index in [-0.39, 0.29) is 18.9 Å². The number of nitrogens with one attached hydrogen (secondary N) is 1. The average Bonchev–Trinajstić information content (AvgIpc) is 0.783. The largest absolute Gasteiger partial charge is 0.394 e. The fourth-order valence-corrected chi connectivity index (χ4v) is 12.5. The van der Waals surface area contributed by atoms with Crippen LogP contribution in [0.2, 0.25) is 0 Å². The van der Waals surface area contributed by atoms with Crippen molar-refractivity contribution in [3.63, 3.8) is 0 Å². The second-order valence-corrected chi connectivity index (χ2v) is 27.8. The summed E-state index contributed by atoms with van der Waals surface area (Å²) in [6, 6.07) is -1.01. The first-order valence-corrected chi connectivity index (χ1v) is 40.1. The molecular weight excluding hydrogens is 1320 g/mol. The van der Waals surface area contributed by atoms with Gasteiger partial charge in [0.05, 0.1) is 38.6 Å². The number of amides is 1. The zero-order valence-corrected chi connectivity index (χ0v) is 63.4. The lowest BCUT2D eigenvalue weighted by molar-refractivity contribution is -0.379. The predicted molar refractivity (Wildman–Crippen MR) is 415 cm³/mol. The van der Waals surface area contributed by atoms with Gasteiger partial charge < -0.3 is 89.9 Å². The van der Waals surface area contributed by atoms with Crippen molar-refractivity contribution in [2.45, 2.75) is 356 Å². The van der Waals surface area contributed by atoms with Crippen molar-refractivity contribution in [2.75, 3.05) is 26.4 Å². The van der Waals surface area contributed by atoms with Gasteiger partial charge in [-0.15, -0.1) is 0 Å².